The number of benzene rings is 1. The van der Waals surface area contributed by atoms with Crippen molar-refractivity contribution in [3.63, 3.8) is 0 Å². The number of rotatable bonds is 3. The lowest BCUT2D eigenvalue weighted by molar-refractivity contribution is -0.116. The van der Waals surface area contributed by atoms with E-state index in [0.29, 0.717) is 6.42 Å². The fraction of sp³-hybridized carbons (Fsp3) is 0.125. The number of nitrogens with zero attached hydrogens (tertiary/aromatic N) is 2. The van der Waals surface area contributed by atoms with E-state index in [1.165, 1.54) is 0 Å². The summed E-state index contributed by atoms with van der Waals surface area (Å²) in [5.74, 6) is 0.169. The Kier molecular flexibility index (Phi) is 2.88. The molecule has 0 amide bonds. The number of imidazole rings is 1. The molecule has 0 unspecified atom stereocenters. The highest BCUT2D eigenvalue weighted by Gasteiger charge is 2.05. The van der Waals surface area contributed by atoms with Crippen LogP contribution in [0.15, 0.2) is 54.9 Å². The lowest BCUT2D eigenvalue weighted by atomic mass is 10.1. The van der Waals surface area contributed by atoms with Crippen LogP contribution in [0.1, 0.15) is 12.5 Å². The summed E-state index contributed by atoms with van der Waals surface area (Å²) in [4.78, 5) is 15.7. The van der Waals surface area contributed by atoms with Crippen molar-refractivity contribution in [2.45, 2.75) is 13.3 Å². The largest absolute Gasteiger partial charge is 0.306 e. The van der Waals surface area contributed by atoms with E-state index in [1.807, 2.05) is 59.3 Å². The van der Waals surface area contributed by atoms with Gasteiger partial charge >= 0.3 is 0 Å². The third kappa shape index (κ3) is 2.40. The Bertz CT molecular complexity index is 729. The Hall–Kier alpha value is -2.42. The summed E-state index contributed by atoms with van der Waals surface area (Å²) in [7, 11) is 0. The highest BCUT2D eigenvalue weighted by molar-refractivity contribution is 5.78. The molecular formula is C16H14N2O. The molecule has 0 fully saturated rings. The lowest BCUT2D eigenvalue weighted by Gasteiger charge is -1.98. The molecule has 0 saturated heterocycles. The Labute approximate surface area is 111 Å². The van der Waals surface area contributed by atoms with Crippen LogP contribution in [0.25, 0.3) is 16.9 Å². The van der Waals surface area contributed by atoms with Crippen LogP contribution in [-0.4, -0.2) is 15.2 Å². The second-order valence-electron chi connectivity index (χ2n) is 4.67. The molecule has 0 bridgehead atoms. The Morgan fingerprint density at radius 3 is 2.63 bits per heavy atom. The number of fused-ring (bicyclic) bond motifs is 1. The van der Waals surface area contributed by atoms with Crippen molar-refractivity contribution in [1.29, 1.82) is 0 Å². The minimum atomic E-state index is 0.169. The number of pyridine rings is 1. The van der Waals surface area contributed by atoms with Crippen LogP contribution in [0.4, 0.5) is 0 Å². The first-order valence-electron chi connectivity index (χ1n) is 6.25. The van der Waals surface area contributed by atoms with Crippen molar-refractivity contribution in [2.75, 3.05) is 0 Å². The van der Waals surface area contributed by atoms with Crippen molar-refractivity contribution in [3.8, 4) is 11.3 Å². The first kappa shape index (κ1) is 11.7. The standard InChI is InChI=1S/C16H14N2O/c1-12(19)9-13-7-8-16-17-15(11-18(16)10-13)14-5-3-2-4-6-14/h2-8,10-11H,9H2,1H3. The molecule has 0 aliphatic carbocycles. The molecule has 3 nitrogen and oxygen atoms in total. The molecule has 0 aliphatic rings. The predicted octanol–water partition coefficient (Wildman–Crippen LogP) is 3.13. The van der Waals surface area contributed by atoms with Gasteiger partial charge in [-0.1, -0.05) is 36.4 Å². The molecule has 94 valence electrons. The Balaban J connectivity index is 2.04. The molecule has 0 radical (unpaired) electrons. The second-order valence-corrected chi connectivity index (χ2v) is 4.67. The minimum Gasteiger partial charge on any atom is -0.306 e. The molecule has 0 saturated carbocycles. The smallest absolute Gasteiger partial charge is 0.137 e. The average molecular weight is 250 g/mol. The summed E-state index contributed by atoms with van der Waals surface area (Å²) < 4.78 is 1.97. The van der Waals surface area contributed by atoms with E-state index in [9.17, 15) is 4.79 Å². The van der Waals surface area contributed by atoms with Crippen LogP contribution in [-0.2, 0) is 11.2 Å². The van der Waals surface area contributed by atoms with E-state index >= 15 is 0 Å². The zero-order chi connectivity index (χ0) is 13.2. The van der Waals surface area contributed by atoms with E-state index in [4.69, 9.17) is 0 Å². The molecule has 3 heteroatoms. The average Bonchev–Trinajstić information content (AvgIpc) is 2.82. The highest BCUT2D eigenvalue weighted by Crippen LogP contribution is 2.19. The number of carbonyl (C=O) groups is 1. The summed E-state index contributed by atoms with van der Waals surface area (Å²) in [5, 5.41) is 0. The third-order valence-electron chi connectivity index (χ3n) is 3.03. The van der Waals surface area contributed by atoms with Crippen LogP contribution >= 0.6 is 0 Å². The summed E-state index contributed by atoms with van der Waals surface area (Å²) in [5.41, 5.74) is 3.95. The molecule has 1 aromatic carbocycles. The summed E-state index contributed by atoms with van der Waals surface area (Å²) in [6.07, 6.45) is 4.43. The van der Waals surface area contributed by atoms with Crippen molar-refractivity contribution in [1.82, 2.24) is 9.38 Å². The number of aromatic nitrogens is 2. The van der Waals surface area contributed by atoms with E-state index in [0.717, 1.165) is 22.5 Å². The van der Waals surface area contributed by atoms with Crippen LogP contribution in [0.3, 0.4) is 0 Å². The maximum absolute atomic E-state index is 11.2. The van der Waals surface area contributed by atoms with Gasteiger partial charge in [0.1, 0.15) is 11.4 Å². The van der Waals surface area contributed by atoms with E-state index in [1.54, 1.807) is 6.92 Å². The van der Waals surface area contributed by atoms with Crippen molar-refractivity contribution >= 4 is 11.4 Å². The Morgan fingerprint density at radius 2 is 1.89 bits per heavy atom. The zero-order valence-electron chi connectivity index (χ0n) is 10.7. The summed E-state index contributed by atoms with van der Waals surface area (Å²) in [6.45, 7) is 1.60. The normalized spacial score (nSPS) is 10.8. The summed E-state index contributed by atoms with van der Waals surface area (Å²) in [6, 6.07) is 14.0. The number of ketones is 1. The lowest BCUT2D eigenvalue weighted by Crippen LogP contribution is -1.97. The molecule has 0 aliphatic heterocycles. The molecule has 19 heavy (non-hydrogen) atoms. The van der Waals surface area contributed by atoms with Gasteiger partial charge in [0, 0.05) is 24.4 Å². The fourth-order valence-corrected chi connectivity index (χ4v) is 2.18. The second kappa shape index (κ2) is 4.69. The molecule has 0 N–H and O–H groups in total. The number of carbonyl (C=O) groups excluding carboxylic acids is 1. The molecular weight excluding hydrogens is 236 g/mol. The van der Waals surface area contributed by atoms with Gasteiger partial charge in [-0.15, -0.1) is 0 Å². The maximum Gasteiger partial charge on any atom is 0.137 e. The SMILES string of the molecule is CC(=O)Cc1ccc2nc(-c3ccccc3)cn2c1. The fourth-order valence-electron chi connectivity index (χ4n) is 2.18. The molecule has 2 heterocycles. The minimum absolute atomic E-state index is 0.169. The van der Waals surface area contributed by atoms with Crippen LogP contribution in [0, 0.1) is 0 Å². The molecule has 2 aromatic heterocycles. The van der Waals surface area contributed by atoms with Gasteiger partial charge in [-0.05, 0) is 18.6 Å². The van der Waals surface area contributed by atoms with Gasteiger partial charge in [0.2, 0.25) is 0 Å². The summed E-state index contributed by atoms with van der Waals surface area (Å²) >= 11 is 0. The number of Topliss-reactive ketones (excluding diaryl/α,β-unsaturated/α-hetero) is 1. The third-order valence-corrected chi connectivity index (χ3v) is 3.03. The topological polar surface area (TPSA) is 34.4 Å². The predicted molar refractivity (Wildman–Crippen MR) is 75.0 cm³/mol. The number of hydrogen-bond donors (Lipinski definition) is 0. The van der Waals surface area contributed by atoms with Crippen molar-refractivity contribution in [2.24, 2.45) is 0 Å². The van der Waals surface area contributed by atoms with Crippen LogP contribution in [0.2, 0.25) is 0 Å². The number of hydrogen-bond acceptors (Lipinski definition) is 2. The van der Waals surface area contributed by atoms with E-state index in [2.05, 4.69) is 4.98 Å². The monoisotopic (exact) mass is 250 g/mol. The molecule has 3 rings (SSSR count). The van der Waals surface area contributed by atoms with Gasteiger partial charge in [0.05, 0.1) is 5.69 Å². The first-order chi connectivity index (χ1) is 9.22. The van der Waals surface area contributed by atoms with Gasteiger partial charge < -0.3 is 4.40 Å². The van der Waals surface area contributed by atoms with Crippen molar-refractivity contribution in [3.05, 3.63) is 60.4 Å². The van der Waals surface area contributed by atoms with Crippen molar-refractivity contribution < 1.29 is 4.79 Å². The maximum atomic E-state index is 11.2. The quantitative estimate of drug-likeness (QED) is 0.715. The first-order valence-corrected chi connectivity index (χ1v) is 6.25. The highest BCUT2D eigenvalue weighted by atomic mass is 16.1. The zero-order valence-corrected chi connectivity index (χ0v) is 10.7. The van der Waals surface area contributed by atoms with Crippen LogP contribution in [0.5, 0.6) is 0 Å². The van der Waals surface area contributed by atoms with Gasteiger partial charge in [-0.25, -0.2) is 4.98 Å². The molecule has 0 spiro atoms. The van der Waals surface area contributed by atoms with Crippen LogP contribution < -0.4 is 0 Å². The van der Waals surface area contributed by atoms with E-state index in [-0.39, 0.29) is 5.78 Å². The van der Waals surface area contributed by atoms with Gasteiger partial charge in [-0.3, -0.25) is 4.79 Å². The van der Waals surface area contributed by atoms with Gasteiger partial charge in [0.15, 0.2) is 0 Å². The molecule has 0 atom stereocenters. The Morgan fingerprint density at radius 1 is 1.11 bits per heavy atom. The van der Waals surface area contributed by atoms with E-state index < -0.39 is 0 Å². The van der Waals surface area contributed by atoms with Gasteiger partial charge in [0.25, 0.3) is 0 Å². The molecule has 3 aromatic rings. The van der Waals surface area contributed by atoms with Gasteiger partial charge in [-0.2, -0.15) is 0 Å².